The molecule has 3 rings (SSSR count). The van der Waals surface area contributed by atoms with Gasteiger partial charge < -0.3 is 14.5 Å². The second-order valence-corrected chi connectivity index (χ2v) is 7.75. The lowest BCUT2D eigenvalue weighted by Gasteiger charge is -2.29. The van der Waals surface area contributed by atoms with Crippen LogP contribution in [-0.4, -0.2) is 52.0 Å². The molecule has 6 nitrogen and oxygen atoms in total. The Balaban J connectivity index is 1.36. The Morgan fingerprint density at radius 3 is 2.50 bits per heavy atom. The number of aryl methyl sites for hydroxylation is 1. The molecule has 0 spiro atoms. The molecule has 0 atom stereocenters. The van der Waals surface area contributed by atoms with E-state index in [9.17, 15) is 4.79 Å². The van der Waals surface area contributed by atoms with Crippen molar-refractivity contribution in [2.24, 2.45) is 5.10 Å². The Bertz CT molecular complexity index is 869. The van der Waals surface area contributed by atoms with Gasteiger partial charge in [-0.2, -0.15) is 5.10 Å². The molecular formula is C24H32N4O2+2. The van der Waals surface area contributed by atoms with Gasteiger partial charge in [0.05, 0.1) is 7.11 Å². The van der Waals surface area contributed by atoms with Crippen molar-refractivity contribution in [3.05, 3.63) is 71.3 Å². The topological polar surface area (TPSA) is 59.6 Å². The van der Waals surface area contributed by atoms with Gasteiger partial charge >= 0.3 is 0 Å². The van der Waals surface area contributed by atoms with Crippen LogP contribution in [0.3, 0.4) is 0 Å². The van der Waals surface area contributed by atoms with E-state index in [1.54, 1.807) is 24.3 Å². The lowest BCUT2D eigenvalue weighted by Crippen LogP contribution is -3.28. The number of quaternary nitrogens is 2. The average molecular weight is 409 g/mol. The SMILES string of the molecule is COc1ccccc1/C=C/C=N\NC(=O)C[NH+]1CC[NH+](Cc2ccc(C)cc2)CC1. The first-order chi connectivity index (χ1) is 14.6. The van der Waals surface area contributed by atoms with Gasteiger partial charge in [0.2, 0.25) is 0 Å². The molecule has 0 aromatic heterocycles. The molecule has 0 radical (unpaired) electrons. The predicted octanol–water partition coefficient (Wildman–Crippen LogP) is 0.102. The molecule has 1 amide bonds. The number of benzene rings is 2. The van der Waals surface area contributed by atoms with Crippen molar-refractivity contribution in [1.29, 1.82) is 0 Å². The molecule has 1 saturated heterocycles. The Morgan fingerprint density at radius 2 is 1.77 bits per heavy atom. The minimum atomic E-state index is -0.0473. The number of hydrazone groups is 1. The van der Waals surface area contributed by atoms with E-state index in [1.807, 2.05) is 30.3 Å². The van der Waals surface area contributed by atoms with E-state index in [4.69, 9.17) is 4.74 Å². The average Bonchev–Trinajstić information content (AvgIpc) is 2.77. The third-order valence-electron chi connectivity index (χ3n) is 5.41. The van der Waals surface area contributed by atoms with Crippen molar-refractivity contribution in [3.8, 4) is 5.75 Å². The molecule has 1 aliphatic heterocycles. The van der Waals surface area contributed by atoms with E-state index in [1.165, 1.54) is 16.0 Å². The summed E-state index contributed by atoms with van der Waals surface area (Å²) in [6.07, 6.45) is 5.28. The number of ether oxygens (including phenoxy) is 1. The molecule has 2 aromatic rings. The molecule has 6 heteroatoms. The number of carbonyl (C=O) groups excluding carboxylic acids is 1. The summed E-state index contributed by atoms with van der Waals surface area (Å²) in [5.74, 6) is 0.757. The fourth-order valence-corrected chi connectivity index (χ4v) is 3.67. The van der Waals surface area contributed by atoms with E-state index in [2.05, 4.69) is 41.7 Å². The molecule has 1 heterocycles. The van der Waals surface area contributed by atoms with E-state index in [0.717, 1.165) is 44.0 Å². The normalized spacial score (nSPS) is 19.3. The van der Waals surface area contributed by atoms with Crippen molar-refractivity contribution in [2.45, 2.75) is 13.5 Å². The van der Waals surface area contributed by atoms with Gasteiger partial charge in [-0.05, 0) is 25.1 Å². The number of rotatable bonds is 8. The van der Waals surface area contributed by atoms with Crippen LogP contribution in [-0.2, 0) is 11.3 Å². The van der Waals surface area contributed by atoms with E-state index in [0.29, 0.717) is 6.54 Å². The number of amides is 1. The highest BCUT2D eigenvalue weighted by atomic mass is 16.5. The monoisotopic (exact) mass is 408 g/mol. The summed E-state index contributed by atoms with van der Waals surface area (Å²) >= 11 is 0. The lowest BCUT2D eigenvalue weighted by atomic mass is 10.1. The van der Waals surface area contributed by atoms with Crippen molar-refractivity contribution < 1.29 is 19.3 Å². The van der Waals surface area contributed by atoms with Crippen molar-refractivity contribution in [3.63, 3.8) is 0 Å². The molecule has 2 aromatic carbocycles. The van der Waals surface area contributed by atoms with E-state index in [-0.39, 0.29) is 5.91 Å². The van der Waals surface area contributed by atoms with Gasteiger partial charge in [-0.15, -0.1) is 0 Å². The third kappa shape index (κ3) is 6.83. The first-order valence-corrected chi connectivity index (χ1v) is 10.5. The van der Waals surface area contributed by atoms with Crippen molar-refractivity contribution in [2.75, 3.05) is 39.8 Å². The first kappa shape index (κ1) is 21.7. The maximum atomic E-state index is 12.2. The number of carbonyl (C=O) groups is 1. The van der Waals surface area contributed by atoms with Crippen molar-refractivity contribution >= 4 is 18.2 Å². The number of allylic oxidation sites excluding steroid dienone is 1. The molecule has 1 aliphatic rings. The number of piperazine rings is 1. The van der Waals surface area contributed by atoms with Crippen LogP contribution >= 0.6 is 0 Å². The van der Waals surface area contributed by atoms with Crippen LogP contribution in [0.5, 0.6) is 5.75 Å². The quantitative estimate of drug-likeness (QED) is 0.429. The van der Waals surface area contributed by atoms with Crippen LogP contribution in [0.15, 0.2) is 59.7 Å². The summed E-state index contributed by atoms with van der Waals surface area (Å²) in [5, 5.41) is 4.01. The third-order valence-corrected chi connectivity index (χ3v) is 5.41. The van der Waals surface area contributed by atoms with Gasteiger partial charge in [-0.25, -0.2) is 5.43 Å². The summed E-state index contributed by atoms with van der Waals surface area (Å²) in [6, 6.07) is 16.5. The summed E-state index contributed by atoms with van der Waals surface area (Å²) in [7, 11) is 1.65. The molecule has 158 valence electrons. The number of hydrogen-bond donors (Lipinski definition) is 3. The highest BCUT2D eigenvalue weighted by Gasteiger charge is 2.24. The maximum absolute atomic E-state index is 12.2. The van der Waals surface area contributed by atoms with Gasteiger partial charge in [0.25, 0.3) is 5.91 Å². The van der Waals surface area contributed by atoms with Crippen LogP contribution in [0.2, 0.25) is 0 Å². The number of para-hydroxylation sites is 1. The Kier molecular flexibility index (Phi) is 8.18. The standard InChI is InChI=1S/C24H30N4O2/c1-20-9-11-21(12-10-20)18-27-14-16-28(17-15-27)19-24(29)26-25-13-5-7-22-6-3-4-8-23(22)30-2/h3-13H,14-19H2,1-2H3,(H,26,29)/p+2/b7-5+,25-13-. The molecule has 3 N–H and O–H groups in total. The van der Waals surface area contributed by atoms with Crippen LogP contribution < -0.4 is 20.0 Å². The zero-order valence-electron chi connectivity index (χ0n) is 17.9. The van der Waals surface area contributed by atoms with Crippen LogP contribution in [0.4, 0.5) is 0 Å². The lowest BCUT2D eigenvalue weighted by molar-refractivity contribution is -1.02. The van der Waals surface area contributed by atoms with Crippen LogP contribution in [0.25, 0.3) is 6.08 Å². The number of methoxy groups -OCH3 is 1. The van der Waals surface area contributed by atoms with Crippen molar-refractivity contribution in [1.82, 2.24) is 5.43 Å². The smallest absolute Gasteiger partial charge is 0.295 e. The van der Waals surface area contributed by atoms with E-state index < -0.39 is 0 Å². The molecule has 0 bridgehead atoms. The Hall–Kier alpha value is -2.96. The van der Waals surface area contributed by atoms with Gasteiger partial charge in [-0.3, -0.25) is 4.79 Å². The molecular weight excluding hydrogens is 376 g/mol. The number of nitrogens with zero attached hydrogens (tertiary/aromatic N) is 1. The van der Waals surface area contributed by atoms with Gasteiger partial charge in [0, 0.05) is 17.3 Å². The maximum Gasteiger partial charge on any atom is 0.295 e. The molecule has 1 fully saturated rings. The Labute approximate surface area is 178 Å². The molecule has 0 aliphatic carbocycles. The fraction of sp³-hybridized carbons (Fsp3) is 0.333. The second-order valence-electron chi connectivity index (χ2n) is 7.75. The molecule has 0 saturated carbocycles. The minimum absolute atomic E-state index is 0.0473. The fourth-order valence-electron chi connectivity index (χ4n) is 3.67. The summed E-state index contributed by atoms with van der Waals surface area (Å²) < 4.78 is 5.30. The van der Waals surface area contributed by atoms with E-state index >= 15 is 0 Å². The summed E-state index contributed by atoms with van der Waals surface area (Å²) in [6.45, 7) is 7.82. The second kappa shape index (κ2) is 11.3. The van der Waals surface area contributed by atoms with Crippen LogP contribution in [0.1, 0.15) is 16.7 Å². The first-order valence-electron chi connectivity index (χ1n) is 10.5. The van der Waals surface area contributed by atoms with Gasteiger partial charge in [0.1, 0.15) is 38.5 Å². The number of hydrogen-bond acceptors (Lipinski definition) is 3. The van der Waals surface area contributed by atoms with Crippen LogP contribution in [0, 0.1) is 6.92 Å². The molecule has 0 unspecified atom stereocenters. The zero-order valence-corrected chi connectivity index (χ0v) is 17.9. The Morgan fingerprint density at radius 1 is 1.07 bits per heavy atom. The number of nitrogens with one attached hydrogen (secondary N) is 3. The highest BCUT2D eigenvalue weighted by Crippen LogP contribution is 2.18. The predicted molar refractivity (Wildman–Crippen MR) is 120 cm³/mol. The highest BCUT2D eigenvalue weighted by molar-refractivity contribution is 5.82. The largest absolute Gasteiger partial charge is 0.496 e. The summed E-state index contributed by atoms with van der Waals surface area (Å²) in [4.78, 5) is 15.1. The zero-order chi connectivity index (χ0) is 21.2. The molecule has 30 heavy (non-hydrogen) atoms. The van der Waals surface area contributed by atoms with Gasteiger partial charge in [-0.1, -0.05) is 48.0 Å². The van der Waals surface area contributed by atoms with Gasteiger partial charge in [0.15, 0.2) is 6.54 Å². The minimum Gasteiger partial charge on any atom is -0.496 e. The summed E-state index contributed by atoms with van der Waals surface area (Å²) in [5.41, 5.74) is 6.27.